The van der Waals surface area contributed by atoms with Crippen molar-refractivity contribution in [2.24, 2.45) is 11.8 Å². The topological polar surface area (TPSA) is 124 Å². The molecular weight excluding hydrogens is 488 g/mol. The standard InChI is InChI=1S/C26H15ClN2O7/c27-14-7-5-13(6-8-14)21-19-20(26(36-21)22(30)17-3-1-2-4-18(17)23(26)31)25(33)28(24(19)32)15-9-11-16(12-10-15)29(34)35/h1-12,19-21H/t19-,20-,21-/m0/s1. The number of hydrogen-bond donors (Lipinski definition) is 0. The van der Waals surface area contributed by atoms with E-state index in [1.807, 2.05) is 0 Å². The van der Waals surface area contributed by atoms with Crippen molar-refractivity contribution in [1.82, 2.24) is 0 Å². The normalized spacial score (nSPS) is 23.9. The highest BCUT2D eigenvalue weighted by atomic mass is 35.5. The van der Waals surface area contributed by atoms with Gasteiger partial charge in [-0.05, 0) is 29.8 Å². The van der Waals surface area contributed by atoms with Crippen molar-refractivity contribution in [3.8, 4) is 0 Å². The molecule has 0 bridgehead atoms. The van der Waals surface area contributed by atoms with Gasteiger partial charge in [0.15, 0.2) is 0 Å². The number of carbonyl (C=O) groups excluding carboxylic acids is 4. The first-order chi connectivity index (χ1) is 17.3. The van der Waals surface area contributed by atoms with Gasteiger partial charge in [0.05, 0.1) is 28.6 Å². The van der Waals surface area contributed by atoms with Gasteiger partial charge >= 0.3 is 0 Å². The second-order valence-electron chi connectivity index (χ2n) is 8.82. The van der Waals surface area contributed by atoms with E-state index in [0.717, 1.165) is 4.90 Å². The smallest absolute Gasteiger partial charge is 0.269 e. The van der Waals surface area contributed by atoms with Crippen molar-refractivity contribution in [2.45, 2.75) is 11.7 Å². The summed E-state index contributed by atoms with van der Waals surface area (Å²) in [7, 11) is 0. The third-order valence-electron chi connectivity index (χ3n) is 7.04. The Morgan fingerprint density at radius 3 is 1.97 bits per heavy atom. The number of nitrogens with zero attached hydrogens (tertiary/aromatic N) is 2. The number of ether oxygens (including phenoxy) is 1. The molecule has 178 valence electrons. The third kappa shape index (κ3) is 2.81. The Balaban J connectivity index is 1.51. The van der Waals surface area contributed by atoms with Gasteiger partial charge in [0.1, 0.15) is 0 Å². The van der Waals surface area contributed by atoms with Gasteiger partial charge in [0.2, 0.25) is 29.0 Å². The molecule has 10 heteroatoms. The number of anilines is 1. The largest absolute Gasteiger partial charge is 0.349 e. The minimum atomic E-state index is -2.19. The van der Waals surface area contributed by atoms with E-state index in [9.17, 15) is 29.3 Å². The molecule has 2 heterocycles. The summed E-state index contributed by atoms with van der Waals surface area (Å²) in [6.45, 7) is 0. The molecule has 6 rings (SSSR count). The molecule has 3 aromatic rings. The summed E-state index contributed by atoms with van der Waals surface area (Å²) in [5.41, 5.74) is -1.56. The van der Waals surface area contributed by atoms with Crippen LogP contribution >= 0.6 is 11.6 Å². The number of halogens is 1. The number of ketones is 2. The molecule has 9 nitrogen and oxygen atoms in total. The number of rotatable bonds is 3. The van der Waals surface area contributed by atoms with Crippen molar-refractivity contribution in [2.75, 3.05) is 4.90 Å². The number of non-ortho nitro benzene ring substituents is 1. The number of benzene rings is 3. The summed E-state index contributed by atoms with van der Waals surface area (Å²) in [5, 5.41) is 11.5. The van der Waals surface area contributed by atoms with E-state index in [2.05, 4.69) is 0 Å². The summed E-state index contributed by atoms with van der Waals surface area (Å²) in [4.78, 5) is 66.3. The van der Waals surface area contributed by atoms with Gasteiger partial charge < -0.3 is 4.74 Å². The number of nitro benzene ring substituents is 1. The average molecular weight is 503 g/mol. The lowest BCUT2D eigenvalue weighted by Gasteiger charge is -2.27. The Hall–Kier alpha value is -4.21. The van der Waals surface area contributed by atoms with Crippen LogP contribution in [0, 0.1) is 22.0 Å². The highest BCUT2D eigenvalue weighted by Gasteiger charge is 2.74. The van der Waals surface area contributed by atoms with Crippen LogP contribution in [0.4, 0.5) is 11.4 Å². The molecule has 2 saturated heterocycles. The molecule has 0 radical (unpaired) electrons. The molecule has 1 spiro atoms. The van der Waals surface area contributed by atoms with Gasteiger partial charge in [-0.15, -0.1) is 0 Å². The van der Waals surface area contributed by atoms with Crippen LogP contribution in [0.3, 0.4) is 0 Å². The Morgan fingerprint density at radius 2 is 1.42 bits per heavy atom. The first-order valence-corrected chi connectivity index (χ1v) is 11.4. The van der Waals surface area contributed by atoms with E-state index in [1.165, 1.54) is 36.4 Å². The van der Waals surface area contributed by atoms with E-state index >= 15 is 0 Å². The Morgan fingerprint density at radius 1 is 0.833 bits per heavy atom. The fraction of sp³-hybridized carbons (Fsp3) is 0.154. The fourth-order valence-corrected chi connectivity index (χ4v) is 5.57. The van der Waals surface area contributed by atoms with E-state index < -0.39 is 51.8 Å². The zero-order valence-electron chi connectivity index (χ0n) is 18.3. The maximum absolute atomic E-state index is 13.8. The first-order valence-electron chi connectivity index (χ1n) is 11.0. The minimum absolute atomic E-state index is 0.102. The first kappa shape index (κ1) is 22.3. The maximum atomic E-state index is 13.8. The van der Waals surface area contributed by atoms with Crippen LogP contribution < -0.4 is 4.90 Å². The molecule has 3 aromatic carbocycles. The molecule has 0 saturated carbocycles. The van der Waals surface area contributed by atoms with Crippen molar-refractivity contribution in [1.29, 1.82) is 0 Å². The molecule has 1 aliphatic carbocycles. The molecule has 2 aliphatic heterocycles. The van der Waals surface area contributed by atoms with Crippen molar-refractivity contribution < 1.29 is 28.8 Å². The van der Waals surface area contributed by atoms with Gasteiger partial charge in [-0.1, -0.05) is 48.0 Å². The summed E-state index contributed by atoms with van der Waals surface area (Å²) in [6, 6.07) is 17.5. The molecule has 2 amide bonds. The lowest BCUT2D eigenvalue weighted by atomic mass is 9.77. The Bertz CT molecular complexity index is 1460. The van der Waals surface area contributed by atoms with Crippen LogP contribution in [-0.4, -0.2) is 33.9 Å². The summed E-state index contributed by atoms with van der Waals surface area (Å²) in [5.74, 6) is -5.34. The predicted molar refractivity (Wildman–Crippen MR) is 126 cm³/mol. The van der Waals surface area contributed by atoms with Gasteiger partial charge in [0, 0.05) is 28.3 Å². The van der Waals surface area contributed by atoms with Gasteiger partial charge in [-0.2, -0.15) is 0 Å². The number of amides is 2. The average Bonchev–Trinajstić information content (AvgIpc) is 3.44. The number of fused-ring (bicyclic) bond motifs is 3. The molecule has 3 aliphatic rings. The monoisotopic (exact) mass is 502 g/mol. The van der Waals surface area contributed by atoms with E-state index in [4.69, 9.17) is 16.3 Å². The number of carbonyl (C=O) groups is 4. The Labute approximate surface area is 208 Å². The summed E-state index contributed by atoms with van der Waals surface area (Å²) >= 11 is 6.02. The highest BCUT2D eigenvalue weighted by Crippen LogP contribution is 2.57. The maximum Gasteiger partial charge on any atom is 0.269 e. The zero-order valence-corrected chi connectivity index (χ0v) is 19.0. The predicted octanol–water partition coefficient (Wildman–Crippen LogP) is 3.94. The minimum Gasteiger partial charge on any atom is -0.349 e. The molecule has 3 atom stereocenters. The second kappa shape index (κ2) is 7.64. The van der Waals surface area contributed by atoms with E-state index in [0.29, 0.717) is 10.6 Å². The summed E-state index contributed by atoms with van der Waals surface area (Å²) < 4.78 is 6.19. The highest BCUT2D eigenvalue weighted by molar-refractivity contribution is 6.37. The van der Waals surface area contributed by atoms with E-state index in [1.54, 1.807) is 36.4 Å². The molecule has 0 unspecified atom stereocenters. The number of Topliss-reactive ketones (excluding diaryl/α,β-unsaturated/α-hetero) is 2. The summed E-state index contributed by atoms with van der Waals surface area (Å²) in [6.07, 6.45) is -1.08. The number of imide groups is 1. The van der Waals surface area contributed by atoms with Crippen LogP contribution in [0.25, 0.3) is 0 Å². The van der Waals surface area contributed by atoms with Gasteiger partial charge in [0.25, 0.3) is 5.69 Å². The second-order valence-corrected chi connectivity index (χ2v) is 9.25. The van der Waals surface area contributed by atoms with Crippen LogP contribution in [0.2, 0.25) is 5.02 Å². The molecule has 36 heavy (non-hydrogen) atoms. The number of hydrogen-bond acceptors (Lipinski definition) is 7. The molecule has 0 N–H and O–H groups in total. The van der Waals surface area contributed by atoms with Crippen LogP contribution in [0.15, 0.2) is 72.8 Å². The molecule has 2 fully saturated rings. The van der Waals surface area contributed by atoms with Crippen LogP contribution in [0.1, 0.15) is 32.4 Å². The van der Waals surface area contributed by atoms with Crippen molar-refractivity contribution >= 4 is 46.4 Å². The Kier molecular flexibility index (Phi) is 4.73. The van der Waals surface area contributed by atoms with Crippen molar-refractivity contribution in [3.05, 3.63) is 105 Å². The van der Waals surface area contributed by atoms with Gasteiger partial charge in [-0.25, -0.2) is 4.90 Å². The molecular formula is C26H15ClN2O7. The van der Waals surface area contributed by atoms with Crippen molar-refractivity contribution in [3.63, 3.8) is 0 Å². The van der Waals surface area contributed by atoms with E-state index in [-0.39, 0.29) is 22.5 Å². The van der Waals surface area contributed by atoms with Crippen LogP contribution in [-0.2, 0) is 14.3 Å². The zero-order chi connectivity index (χ0) is 25.4. The quantitative estimate of drug-likeness (QED) is 0.230. The number of nitro groups is 1. The third-order valence-corrected chi connectivity index (χ3v) is 7.29. The molecule has 0 aromatic heterocycles. The van der Waals surface area contributed by atoms with Crippen LogP contribution in [0.5, 0.6) is 0 Å². The fourth-order valence-electron chi connectivity index (χ4n) is 5.45. The van der Waals surface area contributed by atoms with Gasteiger partial charge in [-0.3, -0.25) is 29.3 Å². The lowest BCUT2D eigenvalue weighted by Crippen LogP contribution is -2.51. The lowest BCUT2D eigenvalue weighted by molar-refractivity contribution is -0.384. The SMILES string of the molecule is O=C1[C@H]2[C@@H](C(=O)N1c1ccc([N+](=O)[O-])cc1)C1(O[C@H]2c2ccc(Cl)cc2)C(=O)c2ccccc2C1=O.